The molecule has 0 rings (SSSR count). The van der Waals surface area contributed by atoms with E-state index in [2.05, 4.69) is 6.58 Å². The zero-order valence-corrected chi connectivity index (χ0v) is 9.05. The van der Waals surface area contributed by atoms with E-state index in [0.29, 0.717) is 5.57 Å². The third-order valence-electron chi connectivity index (χ3n) is 0.428. The molecular formula is C7H13PY-2. The first-order valence-electron chi connectivity index (χ1n) is 1.60. The molecule has 0 saturated carbocycles. The molecule has 1 radical (unpaired) electrons. The topological polar surface area (TPSA) is 0 Å². The Morgan fingerprint density at radius 2 is 1.44 bits per heavy atom. The smallest absolute Gasteiger partial charge is 0 e. The van der Waals surface area contributed by atoms with Crippen LogP contribution in [0.4, 0.5) is 0 Å². The summed E-state index contributed by atoms with van der Waals surface area (Å²) in [4.78, 5) is 0. The van der Waals surface area contributed by atoms with Crippen molar-refractivity contribution in [3.63, 3.8) is 0 Å². The third-order valence-corrected chi connectivity index (χ3v) is 0.428. The van der Waals surface area contributed by atoms with E-state index in [1.54, 1.807) is 0 Å². The fourth-order valence-corrected chi connectivity index (χ4v) is 0.0556. The summed E-state index contributed by atoms with van der Waals surface area (Å²) in [6.45, 7) is 13.3. The summed E-state index contributed by atoms with van der Waals surface area (Å²) in [6.07, 6.45) is 2.69. The van der Waals surface area contributed by atoms with E-state index in [1.165, 1.54) is 12.2 Å². The molecule has 0 spiro atoms. The minimum atomic E-state index is 0. The van der Waals surface area contributed by atoms with Gasteiger partial charge in [-0.05, 0) is 0 Å². The van der Waals surface area contributed by atoms with Crippen LogP contribution < -0.4 is 0 Å². The van der Waals surface area contributed by atoms with E-state index in [9.17, 15) is 0 Å². The maximum atomic E-state index is 4.95. The Hall–Kier alpha value is 0.754. The Morgan fingerprint density at radius 3 is 1.44 bits per heavy atom. The quantitative estimate of drug-likeness (QED) is 0.378. The molecule has 0 aromatic carbocycles. The second kappa shape index (κ2) is 15.9. The van der Waals surface area contributed by atoms with Crippen molar-refractivity contribution in [3.8, 4) is 0 Å². The molecule has 1 unspecified atom stereocenters. The Labute approximate surface area is 87.0 Å². The van der Waals surface area contributed by atoms with Crippen molar-refractivity contribution in [2.45, 2.75) is 7.43 Å². The van der Waals surface area contributed by atoms with Gasteiger partial charge in [0.2, 0.25) is 0 Å². The van der Waals surface area contributed by atoms with E-state index >= 15 is 0 Å². The number of hydrogen-bond donors (Lipinski definition) is 0. The average Bonchev–Trinajstić information content (AvgIpc) is 1.65. The molecule has 2 heteroatoms. The van der Waals surface area contributed by atoms with Crippen LogP contribution in [-0.2, 0) is 32.7 Å². The van der Waals surface area contributed by atoms with Gasteiger partial charge in [-0.2, -0.15) is 16.5 Å². The Kier molecular flexibility index (Phi) is 39.9. The van der Waals surface area contributed by atoms with Gasteiger partial charge in [0.1, 0.15) is 0 Å². The first-order chi connectivity index (χ1) is 2.81. The maximum absolute atomic E-state index is 4.95. The fourth-order valence-electron chi connectivity index (χ4n) is 0.0556. The van der Waals surface area contributed by atoms with Gasteiger partial charge < -0.3 is 0 Å². The van der Waals surface area contributed by atoms with Crippen LogP contribution in [0.2, 0.25) is 0 Å². The van der Waals surface area contributed by atoms with Crippen LogP contribution in [0.15, 0.2) is 24.3 Å². The first-order valence-corrected chi connectivity index (χ1v) is 1.60. The van der Waals surface area contributed by atoms with Gasteiger partial charge in [-0.3, -0.25) is 13.2 Å². The van der Waals surface area contributed by atoms with Crippen LogP contribution in [-0.4, -0.2) is 0 Å². The molecule has 0 aromatic rings. The van der Waals surface area contributed by atoms with Crippen molar-refractivity contribution in [3.05, 3.63) is 37.5 Å². The van der Waals surface area contributed by atoms with Crippen molar-refractivity contribution in [1.29, 1.82) is 0 Å². The summed E-state index contributed by atoms with van der Waals surface area (Å²) in [5.41, 5.74) is 0.648. The van der Waals surface area contributed by atoms with Crippen LogP contribution >= 0.6 is 9.90 Å². The summed E-state index contributed by atoms with van der Waals surface area (Å²) in [5.74, 6) is 0. The minimum Gasteiger partial charge on any atom is -0.292 e. The summed E-state index contributed by atoms with van der Waals surface area (Å²) in [7, 11) is 0. The number of allylic oxidation sites excluding steroid dienone is 3. The number of rotatable bonds is 2. The van der Waals surface area contributed by atoms with Crippen LogP contribution in [0, 0.1) is 13.2 Å². The van der Waals surface area contributed by atoms with E-state index in [0.717, 1.165) is 0 Å². The third kappa shape index (κ3) is 17.7. The largest absolute Gasteiger partial charge is 0.292 e. The molecule has 0 aliphatic rings. The summed E-state index contributed by atoms with van der Waals surface area (Å²) < 4.78 is 0. The summed E-state index contributed by atoms with van der Waals surface area (Å²) in [5, 5.41) is 0. The fraction of sp³-hybridized carbons (Fsp3) is 0.143. The molecule has 0 N–H and O–H groups in total. The van der Waals surface area contributed by atoms with E-state index in [-0.39, 0.29) is 50.0 Å². The van der Waals surface area contributed by atoms with Gasteiger partial charge in [0.15, 0.2) is 0 Å². The molecule has 0 fully saturated rings. The molecule has 0 aromatic heterocycles. The molecule has 9 heavy (non-hydrogen) atoms. The van der Waals surface area contributed by atoms with Crippen LogP contribution in [0.3, 0.4) is 0 Å². The molecule has 0 saturated heterocycles. The molecule has 0 aliphatic heterocycles. The predicted molar refractivity (Wildman–Crippen MR) is 44.7 cm³/mol. The van der Waals surface area contributed by atoms with Gasteiger partial charge in [-0.1, -0.05) is 7.43 Å². The standard InChI is InChI=1S/C6H6.CH4.H3P.Y/c1-4-6(3)5-2;;;/h1-2,4-5H,3H2;1H4;1H3;/q-2;;;. The van der Waals surface area contributed by atoms with Crippen LogP contribution in [0.1, 0.15) is 7.43 Å². The molecule has 0 amide bonds. The number of hydrogen-bond acceptors (Lipinski definition) is 0. The molecule has 0 bridgehead atoms. The van der Waals surface area contributed by atoms with E-state index < -0.39 is 0 Å². The summed E-state index contributed by atoms with van der Waals surface area (Å²) in [6, 6.07) is 0. The van der Waals surface area contributed by atoms with Gasteiger partial charge in [-0.15, -0.1) is 0 Å². The summed E-state index contributed by atoms with van der Waals surface area (Å²) >= 11 is 0. The molecule has 1 atom stereocenters. The average molecular weight is 217 g/mol. The zero-order valence-electron chi connectivity index (χ0n) is 4.80. The molecular weight excluding hydrogens is 204 g/mol. The van der Waals surface area contributed by atoms with Crippen LogP contribution in [0.5, 0.6) is 0 Å². The molecule has 0 heterocycles. The minimum absolute atomic E-state index is 0. The Balaban J connectivity index is -0.0000000417. The van der Waals surface area contributed by atoms with Crippen molar-refractivity contribution in [2.75, 3.05) is 0 Å². The van der Waals surface area contributed by atoms with Gasteiger partial charge in [-0.25, -0.2) is 17.7 Å². The molecule has 0 aliphatic carbocycles. The Bertz CT molecular complexity index is 76.9. The van der Waals surface area contributed by atoms with E-state index in [1.807, 2.05) is 0 Å². The SMILES string of the molecule is C.P.[CH-]=CC(=C)C=[CH-].[Y]. The van der Waals surface area contributed by atoms with Gasteiger partial charge in [0.05, 0.1) is 0 Å². The zero-order chi connectivity index (χ0) is 4.99. The normalized spacial score (nSPS) is 4.44. The molecule has 0 nitrogen and oxygen atoms in total. The van der Waals surface area contributed by atoms with Gasteiger partial charge >= 0.3 is 0 Å². The predicted octanol–water partition coefficient (Wildman–Crippen LogP) is 2.21. The van der Waals surface area contributed by atoms with Crippen molar-refractivity contribution in [1.82, 2.24) is 0 Å². The van der Waals surface area contributed by atoms with E-state index in [4.69, 9.17) is 13.2 Å². The van der Waals surface area contributed by atoms with Crippen LogP contribution in [0.25, 0.3) is 0 Å². The first kappa shape index (κ1) is 22.6. The Morgan fingerprint density at radius 1 is 1.22 bits per heavy atom. The van der Waals surface area contributed by atoms with Crippen molar-refractivity contribution in [2.24, 2.45) is 0 Å². The second-order valence-corrected chi connectivity index (χ2v) is 0.908. The van der Waals surface area contributed by atoms with Gasteiger partial charge in [0, 0.05) is 32.7 Å². The van der Waals surface area contributed by atoms with Gasteiger partial charge in [0.25, 0.3) is 0 Å². The van der Waals surface area contributed by atoms with Crippen molar-refractivity contribution < 1.29 is 32.7 Å². The second-order valence-electron chi connectivity index (χ2n) is 0.908. The molecule has 51 valence electrons. The maximum Gasteiger partial charge on any atom is 0 e. The monoisotopic (exact) mass is 217 g/mol. The van der Waals surface area contributed by atoms with Crippen molar-refractivity contribution >= 4 is 9.90 Å².